The molecule has 0 radical (unpaired) electrons. The van der Waals surface area contributed by atoms with Gasteiger partial charge in [-0.15, -0.1) is 0 Å². The number of hydrogen-bond acceptors (Lipinski definition) is 2. The molecule has 0 saturated carbocycles. The summed E-state index contributed by atoms with van der Waals surface area (Å²) in [6.07, 6.45) is 4.96. The molecule has 3 aromatic heterocycles. The maximum atomic E-state index is 8.94. The SMILES string of the molecule is [2H]c1c([2H])c([2H])c(-c2ccc3c(c2)n(-c2cccc(Oc4ccc5c6ccccc6n(-c6cc(C([2H])([2H])[2H])c(-c7c([2H])c([2H])c([2H])c([2H])c7[2H])cn6)c5c4)c2)[c-][n+]3-c2c(-c3cccc(C(C)(C)C)c3)cccc2C(C)(C)C)c([2H])c1[2H]. The molecule has 11 aromatic rings. The fraction of sp³-hybridized carbons (Fsp3) is 0.143. The summed E-state index contributed by atoms with van der Waals surface area (Å²) in [6.45, 7) is 10.3. The number of hydrogen-bond donors (Lipinski definition) is 0. The third kappa shape index (κ3) is 7.74. The van der Waals surface area contributed by atoms with Crippen LogP contribution in [0.1, 0.15) is 76.1 Å². The molecule has 332 valence electrons. The van der Waals surface area contributed by atoms with Crippen LogP contribution in [0, 0.1) is 13.2 Å². The normalized spacial score (nSPS) is 14.9. The van der Waals surface area contributed by atoms with Gasteiger partial charge < -0.3 is 4.74 Å². The smallest absolute Gasteiger partial charge is 0.269 e. The molecule has 0 fully saturated rings. The van der Waals surface area contributed by atoms with Gasteiger partial charge in [-0.25, -0.2) is 4.98 Å². The molecule has 0 aliphatic rings. The summed E-state index contributed by atoms with van der Waals surface area (Å²) in [5.74, 6) is 1.09. The lowest BCUT2D eigenvalue weighted by Crippen LogP contribution is -2.34. The Bertz CT molecular complexity index is 4350. The second kappa shape index (κ2) is 16.7. The number of benzene rings is 8. The Morgan fingerprint density at radius 2 is 1.31 bits per heavy atom. The van der Waals surface area contributed by atoms with E-state index in [4.69, 9.17) is 27.5 Å². The van der Waals surface area contributed by atoms with Crippen molar-refractivity contribution in [1.29, 1.82) is 0 Å². The second-order valence-electron chi connectivity index (χ2n) is 19.0. The highest BCUT2D eigenvalue weighted by molar-refractivity contribution is 6.09. The Hall–Kier alpha value is -8.02. The quantitative estimate of drug-likeness (QED) is 0.113. The molecule has 8 aromatic carbocycles. The molecule has 0 aliphatic heterocycles. The van der Waals surface area contributed by atoms with Crippen LogP contribution in [-0.2, 0) is 10.8 Å². The van der Waals surface area contributed by atoms with Crippen molar-refractivity contribution in [2.24, 2.45) is 0 Å². The maximum absolute atomic E-state index is 8.94. The first-order chi connectivity index (χ1) is 38.2. The minimum Gasteiger partial charge on any atom is -0.458 e. The van der Waals surface area contributed by atoms with Crippen LogP contribution >= 0.6 is 0 Å². The number of imidazole rings is 1. The monoisotopic (exact) mass is 896 g/mol. The first-order valence-electron chi connectivity index (χ1n) is 29.0. The summed E-state index contributed by atoms with van der Waals surface area (Å²) >= 11 is 0. The Balaban J connectivity index is 1.08. The van der Waals surface area contributed by atoms with Crippen molar-refractivity contribution in [3.63, 3.8) is 0 Å². The van der Waals surface area contributed by atoms with Crippen LogP contribution in [0.15, 0.2) is 200 Å². The van der Waals surface area contributed by atoms with E-state index in [-0.39, 0.29) is 51.0 Å². The van der Waals surface area contributed by atoms with E-state index in [1.807, 2.05) is 92.6 Å². The van der Waals surface area contributed by atoms with Gasteiger partial charge in [0.1, 0.15) is 17.3 Å². The van der Waals surface area contributed by atoms with Crippen molar-refractivity contribution < 1.29 is 27.1 Å². The van der Waals surface area contributed by atoms with E-state index in [1.54, 1.807) is 6.07 Å². The molecular weight excluding hydrogens is 829 g/mol. The molecule has 0 bridgehead atoms. The van der Waals surface area contributed by atoms with Gasteiger partial charge in [0.2, 0.25) is 0 Å². The molecule has 5 heteroatoms. The molecule has 5 nitrogen and oxygen atoms in total. The zero-order valence-corrected chi connectivity index (χ0v) is 38.5. The van der Waals surface area contributed by atoms with Gasteiger partial charge in [0, 0.05) is 32.7 Å². The Morgan fingerprint density at radius 1 is 0.574 bits per heavy atom. The van der Waals surface area contributed by atoms with Gasteiger partial charge >= 0.3 is 0 Å². The first kappa shape index (κ1) is 30.3. The van der Waals surface area contributed by atoms with Gasteiger partial charge in [-0.1, -0.05) is 181 Å². The van der Waals surface area contributed by atoms with Crippen molar-refractivity contribution in [3.05, 3.63) is 223 Å². The molecule has 3 heterocycles. The van der Waals surface area contributed by atoms with E-state index in [1.165, 1.54) is 17.8 Å². The molecule has 0 saturated heterocycles. The zero-order chi connectivity index (χ0) is 57.9. The maximum Gasteiger partial charge on any atom is 0.269 e. The molecule has 0 spiro atoms. The van der Waals surface area contributed by atoms with E-state index in [0.717, 1.165) is 38.7 Å². The van der Waals surface area contributed by atoms with Crippen LogP contribution in [0.3, 0.4) is 0 Å². The van der Waals surface area contributed by atoms with Gasteiger partial charge in [-0.05, 0) is 111 Å². The number of ether oxygens (including phenoxy) is 1. The lowest BCUT2D eigenvalue weighted by atomic mass is 9.82. The Labute approximate surface area is 417 Å². The number of nitrogens with zero attached hydrogens (tertiary/aromatic N) is 4. The summed E-state index contributed by atoms with van der Waals surface area (Å²) in [4.78, 5) is 4.73. The molecule has 0 amide bonds. The summed E-state index contributed by atoms with van der Waals surface area (Å²) in [6, 6.07) is 37.6. The predicted molar refractivity (Wildman–Crippen MR) is 281 cm³/mol. The molecule has 68 heavy (non-hydrogen) atoms. The number of rotatable bonds is 8. The molecule has 0 aliphatic carbocycles. The standard InChI is InChI=1S/C63H54N4O/c1-42-35-60(64-40-54(42)44-21-12-9-13-22-44)67-56-30-15-14-27-52(56)53-33-32-50(39-58(53)67)68-49-26-17-25-48(38-49)65-41-66(57-34-31-45(37-59(57)65)43-19-10-8-11-20-43)61-51(28-18-29-55(61)63(5,6)7)46-23-16-24-47(36-46)62(2,3)4/h8-40H,1-7H3/i1D3,8D,9D,10D,11D,12D,13D,19D,20D,21D,22D. The number of fused-ring (bicyclic) bond motifs is 4. The van der Waals surface area contributed by atoms with Gasteiger partial charge in [0.15, 0.2) is 0 Å². The van der Waals surface area contributed by atoms with Crippen molar-refractivity contribution in [2.45, 2.75) is 59.2 Å². The van der Waals surface area contributed by atoms with Gasteiger partial charge in [0.05, 0.1) is 47.1 Å². The fourth-order valence-electron chi connectivity index (χ4n) is 9.03. The van der Waals surface area contributed by atoms with Gasteiger partial charge in [-0.3, -0.25) is 13.7 Å². The highest BCUT2D eigenvalue weighted by atomic mass is 16.5. The third-order valence-corrected chi connectivity index (χ3v) is 12.4. The average molecular weight is 896 g/mol. The summed E-state index contributed by atoms with van der Waals surface area (Å²) < 4.78 is 124. The molecule has 0 N–H and O–H groups in total. The molecule has 11 rings (SSSR count). The Morgan fingerprint density at radius 3 is 2.09 bits per heavy atom. The number of aromatic nitrogens is 4. The van der Waals surface area contributed by atoms with E-state index >= 15 is 0 Å². The lowest BCUT2D eigenvalue weighted by molar-refractivity contribution is -0.572. The van der Waals surface area contributed by atoms with E-state index in [0.29, 0.717) is 39.3 Å². The topological polar surface area (TPSA) is 35.9 Å². The largest absolute Gasteiger partial charge is 0.458 e. The third-order valence-electron chi connectivity index (χ3n) is 12.4. The van der Waals surface area contributed by atoms with Crippen molar-refractivity contribution in [1.82, 2.24) is 14.1 Å². The van der Waals surface area contributed by atoms with Crippen LogP contribution in [0.5, 0.6) is 11.5 Å². The zero-order valence-electron chi connectivity index (χ0n) is 51.5. The molecule has 0 unspecified atom stereocenters. The molecule has 0 atom stereocenters. The van der Waals surface area contributed by atoms with Crippen LogP contribution in [0.2, 0.25) is 0 Å². The fourth-order valence-corrected chi connectivity index (χ4v) is 9.03. The highest BCUT2D eigenvalue weighted by Gasteiger charge is 2.26. The number of para-hydroxylation sites is 2. The van der Waals surface area contributed by atoms with Crippen molar-refractivity contribution in [2.75, 3.05) is 0 Å². The predicted octanol–water partition coefficient (Wildman–Crippen LogP) is 15.9. The van der Waals surface area contributed by atoms with Crippen LogP contribution < -0.4 is 9.30 Å². The first-order valence-corrected chi connectivity index (χ1v) is 22.5. The van der Waals surface area contributed by atoms with Crippen molar-refractivity contribution in [3.8, 4) is 62.1 Å². The van der Waals surface area contributed by atoms with Crippen LogP contribution in [-0.4, -0.2) is 14.1 Å². The lowest BCUT2D eigenvalue weighted by Gasteiger charge is -2.26. The van der Waals surface area contributed by atoms with E-state index in [2.05, 4.69) is 90.3 Å². The molecular formula is C63H54N4O. The minimum absolute atomic E-state index is 0.0664. The second-order valence-corrected chi connectivity index (χ2v) is 19.0. The van der Waals surface area contributed by atoms with E-state index in [9.17, 15) is 0 Å². The van der Waals surface area contributed by atoms with Gasteiger partial charge in [-0.2, -0.15) is 0 Å². The van der Waals surface area contributed by atoms with E-state index < -0.39 is 55.2 Å². The summed E-state index contributed by atoms with van der Waals surface area (Å²) in [5.41, 5.74) is 7.85. The van der Waals surface area contributed by atoms with Gasteiger partial charge in [0.25, 0.3) is 6.33 Å². The number of aryl methyl sites for hydroxylation is 1. The summed E-state index contributed by atoms with van der Waals surface area (Å²) in [5, 5.41) is 1.66. The average Bonchev–Trinajstić information content (AvgIpc) is 3.98. The minimum atomic E-state index is -2.78. The van der Waals surface area contributed by atoms with Crippen LogP contribution in [0.4, 0.5) is 0 Å². The Kier molecular flexibility index (Phi) is 7.44. The highest BCUT2D eigenvalue weighted by Crippen LogP contribution is 2.39. The summed E-state index contributed by atoms with van der Waals surface area (Å²) in [7, 11) is 0. The van der Waals surface area contributed by atoms with Crippen molar-refractivity contribution >= 4 is 32.8 Å². The van der Waals surface area contributed by atoms with Crippen LogP contribution in [0.25, 0.3) is 83.4 Å². The number of pyridine rings is 1.